The van der Waals surface area contributed by atoms with Crippen LogP contribution < -0.4 is 16.0 Å². The highest BCUT2D eigenvalue weighted by Crippen LogP contribution is 2.24. The molecular formula is C20H20N4S. The van der Waals surface area contributed by atoms with Gasteiger partial charge >= 0.3 is 0 Å². The Morgan fingerprint density at radius 1 is 1.04 bits per heavy atom. The Hall–Kier alpha value is -2.50. The summed E-state index contributed by atoms with van der Waals surface area (Å²) in [5, 5.41) is 13.2. The molecule has 1 unspecified atom stereocenters. The minimum Gasteiger partial charge on any atom is -0.358 e. The van der Waals surface area contributed by atoms with E-state index in [0.717, 1.165) is 29.5 Å². The van der Waals surface area contributed by atoms with Gasteiger partial charge in [0.25, 0.3) is 0 Å². The Labute approximate surface area is 152 Å². The molecule has 3 aromatic rings. The third-order valence-corrected chi connectivity index (χ3v) is 4.91. The molecule has 0 spiro atoms. The third kappa shape index (κ3) is 3.48. The summed E-state index contributed by atoms with van der Waals surface area (Å²) < 4.78 is 0. The maximum absolute atomic E-state index is 5.57. The summed E-state index contributed by atoms with van der Waals surface area (Å²) in [6, 6.07) is 19.0. The molecule has 2 aromatic carbocycles. The summed E-state index contributed by atoms with van der Waals surface area (Å²) >= 11 is 5.57. The molecule has 0 amide bonds. The zero-order chi connectivity index (χ0) is 17.1. The molecule has 1 aliphatic rings. The summed E-state index contributed by atoms with van der Waals surface area (Å²) in [4.78, 5) is 4.18. The lowest BCUT2D eigenvalue weighted by molar-refractivity contribution is 0.597. The Bertz CT molecular complexity index is 876. The van der Waals surface area contributed by atoms with Crippen LogP contribution in [-0.2, 0) is 0 Å². The number of pyridine rings is 1. The standard InChI is InChI=1S/C20H20N4S/c25-20(23-18-8-4-7-15-11-21-10-9-16(15)18)24-19-13-22-12-17(19)14-5-2-1-3-6-14/h1-11,17,19,22H,12-13H2,(H2,23,24,25)/t17-,19?/m0/s1. The van der Waals surface area contributed by atoms with Crippen LogP contribution in [0.4, 0.5) is 5.69 Å². The number of fused-ring (bicyclic) bond motifs is 1. The number of aromatic nitrogens is 1. The molecule has 0 radical (unpaired) electrons. The lowest BCUT2D eigenvalue weighted by Gasteiger charge is -2.22. The molecule has 25 heavy (non-hydrogen) atoms. The average Bonchev–Trinajstić information content (AvgIpc) is 3.11. The van der Waals surface area contributed by atoms with Gasteiger partial charge in [-0.1, -0.05) is 42.5 Å². The molecule has 2 heterocycles. The van der Waals surface area contributed by atoms with Crippen LogP contribution in [0.3, 0.4) is 0 Å². The summed E-state index contributed by atoms with van der Waals surface area (Å²) in [6.45, 7) is 1.87. The van der Waals surface area contributed by atoms with E-state index < -0.39 is 0 Å². The molecular weight excluding hydrogens is 328 g/mol. The molecule has 0 bridgehead atoms. The van der Waals surface area contributed by atoms with Crippen LogP contribution in [0.25, 0.3) is 10.8 Å². The van der Waals surface area contributed by atoms with Crippen molar-refractivity contribution >= 4 is 33.8 Å². The fourth-order valence-electron chi connectivity index (χ4n) is 3.44. The lowest BCUT2D eigenvalue weighted by atomic mass is 9.94. The number of nitrogens with zero attached hydrogens (tertiary/aromatic N) is 1. The summed E-state index contributed by atoms with van der Waals surface area (Å²) in [6.07, 6.45) is 3.67. The van der Waals surface area contributed by atoms with Gasteiger partial charge in [-0.25, -0.2) is 0 Å². The zero-order valence-corrected chi connectivity index (χ0v) is 14.6. The van der Waals surface area contributed by atoms with Crippen molar-refractivity contribution in [3.63, 3.8) is 0 Å². The van der Waals surface area contributed by atoms with Gasteiger partial charge in [-0.05, 0) is 29.9 Å². The molecule has 1 aromatic heterocycles. The number of benzene rings is 2. The molecule has 1 fully saturated rings. The van der Waals surface area contributed by atoms with Crippen molar-refractivity contribution in [2.24, 2.45) is 0 Å². The predicted molar refractivity (Wildman–Crippen MR) is 107 cm³/mol. The van der Waals surface area contributed by atoms with Crippen LogP contribution in [0, 0.1) is 0 Å². The minimum absolute atomic E-state index is 0.277. The van der Waals surface area contributed by atoms with Gasteiger partial charge in [0.05, 0.1) is 0 Å². The van der Waals surface area contributed by atoms with Crippen LogP contribution in [0.5, 0.6) is 0 Å². The van der Waals surface area contributed by atoms with Gasteiger partial charge in [-0.15, -0.1) is 0 Å². The van der Waals surface area contributed by atoms with Gasteiger partial charge in [0.15, 0.2) is 5.11 Å². The maximum Gasteiger partial charge on any atom is 0.171 e. The fourth-order valence-corrected chi connectivity index (χ4v) is 3.70. The first-order chi connectivity index (χ1) is 12.3. The Morgan fingerprint density at radius 2 is 1.92 bits per heavy atom. The van der Waals surface area contributed by atoms with Crippen LogP contribution >= 0.6 is 12.2 Å². The summed E-state index contributed by atoms with van der Waals surface area (Å²) in [5.41, 5.74) is 2.34. The van der Waals surface area contributed by atoms with Crippen molar-refractivity contribution in [2.75, 3.05) is 18.4 Å². The molecule has 0 saturated carbocycles. The summed E-state index contributed by atoms with van der Waals surface area (Å²) in [7, 11) is 0. The van der Waals surface area contributed by atoms with Gasteiger partial charge in [0.1, 0.15) is 0 Å². The van der Waals surface area contributed by atoms with E-state index in [4.69, 9.17) is 12.2 Å². The van der Waals surface area contributed by atoms with Crippen molar-refractivity contribution in [2.45, 2.75) is 12.0 Å². The van der Waals surface area contributed by atoms with E-state index >= 15 is 0 Å². The zero-order valence-electron chi connectivity index (χ0n) is 13.8. The van der Waals surface area contributed by atoms with Crippen LogP contribution in [0.15, 0.2) is 67.0 Å². The van der Waals surface area contributed by atoms with E-state index in [9.17, 15) is 0 Å². The second kappa shape index (κ2) is 7.17. The number of hydrogen-bond acceptors (Lipinski definition) is 3. The molecule has 4 nitrogen and oxygen atoms in total. The molecule has 1 aliphatic heterocycles. The summed E-state index contributed by atoms with van der Waals surface area (Å²) in [5.74, 6) is 0.415. The molecule has 2 atom stereocenters. The van der Waals surface area contributed by atoms with Crippen molar-refractivity contribution in [3.8, 4) is 0 Å². The Balaban J connectivity index is 1.48. The van der Waals surface area contributed by atoms with Gasteiger partial charge in [-0.3, -0.25) is 4.98 Å². The fraction of sp³-hybridized carbons (Fsp3) is 0.200. The quantitative estimate of drug-likeness (QED) is 0.634. The van der Waals surface area contributed by atoms with Crippen molar-refractivity contribution in [1.29, 1.82) is 0 Å². The molecule has 126 valence electrons. The van der Waals surface area contributed by atoms with Crippen LogP contribution in [0.2, 0.25) is 0 Å². The first-order valence-electron chi connectivity index (χ1n) is 8.47. The van der Waals surface area contributed by atoms with E-state index in [1.165, 1.54) is 5.56 Å². The van der Waals surface area contributed by atoms with E-state index in [1.807, 2.05) is 24.4 Å². The van der Waals surface area contributed by atoms with Crippen molar-refractivity contribution in [1.82, 2.24) is 15.6 Å². The monoisotopic (exact) mass is 348 g/mol. The normalized spacial score (nSPS) is 19.7. The predicted octanol–water partition coefficient (Wildman–Crippen LogP) is 3.28. The topological polar surface area (TPSA) is 49.0 Å². The van der Waals surface area contributed by atoms with E-state index in [2.05, 4.69) is 57.3 Å². The first kappa shape index (κ1) is 16.0. The highest BCUT2D eigenvalue weighted by Gasteiger charge is 2.28. The molecule has 4 rings (SSSR count). The number of nitrogens with one attached hydrogen (secondary N) is 3. The second-order valence-electron chi connectivity index (χ2n) is 6.28. The Kier molecular flexibility index (Phi) is 4.59. The van der Waals surface area contributed by atoms with Crippen molar-refractivity contribution in [3.05, 3.63) is 72.6 Å². The molecule has 0 aliphatic carbocycles. The number of hydrogen-bond donors (Lipinski definition) is 3. The highest BCUT2D eigenvalue weighted by molar-refractivity contribution is 7.80. The van der Waals surface area contributed by atoms with Gasteiger partial charge in [0.2, 0.25) is 0 Å². The largest absolute Gasteiger partial charge is 0.358 e. The second-order valence-corrected chi connectivity index (χ2v) is 6.69. The third-order valence-electron chi connectivity index (χ3n) is 4.69. The maximum atomic E-state index is 5.57. The van der Waals surface area contributed by atoms with E-state index in [0.29, 0.717) is 11.0 Å². The smallest absolute Gasteiger partial charge is 0.171 e. The number of rotatable bonds is 3. The molecule has 5 heteroatoms. The van der Waals surface area contributed by atoms with E-state index in [-0.39, 0.29) is 6.04 Å². The minimum atomic E-state index is 0.277. The highest BCUT2D eigenvalue weighted by atomic mass is 32.1. The molecule has 3 N–H and O–H groups in total. The Morgan fingerprint density at radius 3 is 2.80 bits per heavy atom. The lowest BCUT2D eigenvalue weighted by Crippen LogP contribution is -2.41. The van der Waals surface area contributed by atoms with Gasteiger partial charge < -0.3 is 16.0 Å². The van der Waals surface area contributed by atoms with Crippen LogP contribution in [0.1, 0.15) is 11.5 Å². The van der Waals surface area contributed by atoms with Crippen LogP contribution in [-0.4, -0.2) is 29.2 Å². The first-order valence-corrected chi connectivity index (χ1v) is 8.88. The average molecular weight is 348 g/mol. The SMILES string of the molecule is S=C(Nc1cccc2cnccc12)NC1CNC[C@H]1c1ccccc1. The van der Waals surface area contributed by atoms with Gasteiger partial charge in [0, 0.05) is 53.9 Å². The molecule has 1 saturated heterocycles. The van der Waals surface area contributed by atoms with E-state index in [1.54, 1.807) is 6.20 Å². The van der Waals surface area contributed by atoms with Gasteiger partial charge in [-0.2, -0.15) is 0 Å². The van der Waals surface area contributed by atoms with Crippen molar-refractivity contribution < 1.29 is 0 Å². The number of thiocarbonyl (C=S) groups is 1. The number of anilines is 1.